The zero-order valence-corrected chi connectivity index (χ0v) is 12.1. The average molecular weight is 288 g/mol. The van der Waals surface area contributed by atoms with Crippen molar-refractivity contribution in [1.29, 1.82) is 0 Å². The van der Waals surface area contributed by atoms with E-state index in [9.17, 15) is 8.42 Å². The number of hydrogen-bond acceptors (Lipinski definition) is 5. The number of aliphatic hydroxyl groups excluding tert-OH is 1. The molecule has 1 aliphatic heterocycles. The molecular formula is C12H20N2O4S. The molecule has 1 unspecified atom stereocenters. The van der Waals surface area contributed by atoms with E-state index >= 15 is 0 Å². The fourth-order valence-electron chi connectivity index (χ4n) is 2.37. The molecule has 1 aromatic heterocycles. The summed E-state index contributed by atoms with van der Waals surface area (Å²) in [5, 5.41) is 8.80. The summed E-state index contributed by atoms with van der Waals surface area (Å²) in [6.07, 6.45) is 1.01. The van der Waals surface area contributed by atoms with E-state index in [0.29, 0.717) is 12.5 Å². The lowest BCUT2D eigenvalue weighted by Gasteiger charge is -2.19. The highest BCUT2D eigenvalue weighted by atomic mass is 32.2. The van der Waals surface area contributed by atoms with Gasteiger partial charge in [0.25, 0.3) is 10.0 Å². The Hall–Kier alpha value is -0.890. The van der Waals surface area contributed by atoms with Gasteiger partial charge in [0.2, 0.25) is 5.09 Å². The van der Waals surface area contributed by atoms with Crippen molar-refractivity contribution < 1.29 is 17.9 Å². The molecule has 1 fully saturated rings. The van der Waals surface area contributed by atoms with Crippen LogP contribution in [0.5, 0.6) is 0 Å². The van der Waals surface area contributed by atoms with Crippen molar-refractivity contribution in [3.8, 4) is 0 Å². The van der Waals surface area contributed by atoms with Crippen molar-refractivity contribution in [2.45, 2.75) is 18.1 Å². The molecule has 108 valence electrons. The summed E-state index contributed by atoms with van der Waals surface area (Å²) in [7, 11) is 0.00438. The fraction of sp³-hybridized carbons (Fsp3) is 0.667. The molecular weight excluding hydrogens is 268 g/mol. The molecule has 6 nitrogen and oxygen atoms in total. The Morgan fingerprint density at radius 3 is 2.79 bits per heavy atom. The molecule has 19 heavy (non-hydrogen) atoms. The van der Waals surface area contributed by atoms with Crippen molar-refractivity contribution >= 4 is 10.0 Å². The van der Waals surface area contributed by atoms with Gasteiger partial charge >= 0.3 is 0 Å². The standard InChI is InChI=1S/C12H20N2O4S/c1-13-6-5-10(7-13)8-14(2)19(16,17)12-4-3-11(9-15)18-12/h3-4,10,15H,5-9H2,1-2H3. The lowest BCUT2D eigenvalue weighted by atomic mass is 10.1. The predicted octanol–water partition coefficient (Wildman–Crippen LogP) is 0.344. The van der Waals surface area contributed by atoms with E-state index in [4.69, 9.17) is 9.52 Å². The van der Waals surface area contributed by atoms with Crippen LogP contribution in [0.15, 0.2) is 21.6 Å². The predicted molar refractivity (Wildman–Crippen MR) is 70.1 cm³/mol. The van der Waals surface area contributed by atoms with Gasteiger partial charge in [-0.2, -0.15) is 4.31 Å². The largest absolute Gasteiger partial charge is 0.446 e. The molecule has 0 bridgehead atoms. The van der Waals surface area contributed by atoms with Crippen molar-refractivity contribution in [2.24, 2.45) is 5.92 Å². The van der Waals surface area contributed by atoms with Crippen molar-refractivity contribution in [3.05, 3.63) is 17.9 Å². The van der Waals surface area contributed by atoms with Crippen molar-refractivity contribution in [3.63, 3.8) is 0 Å². The van der Waals surface area contributed by atoms with E-state index in [-0.39, 0.29) is 17.5 Å². The third-order valence-corrected chi connectivity index (χ3v) is 5.16. The fourth-order valence-corrected chi connectivity index (χ4v) is 3.54. The van der Waals surface area contributed by atoms with Crippen molar-refractivity contribution in [1.82, 2.24) is 9.21 Å². The quantitative estimate of drug-likeness (QED) is 0.846. The number of hydrogen-bond donors (Lipinski definition) is 1. The van der Waals surface area contributed by atoms with Gasteiger partial charge in [-0.05, 0) is 38.1 Å². The Balaban J connectivity index is 2.06. The smallest absolute Gasteiger partial charge is 0.276 e. The van der Waals surface area contributed by atoms with Gasteiger partial charge in [-0.1, -0.05) is 0 Å². The van der Waals surface area contributed by atoms with E-state index in [1.807, 2.05) is 7.05 Å². The third-order valence-electron chi connectivity index (χ3n) is 3.46. The van der Waals surface area contributed by atoms with Crippen molar-refractivity contribution in [2.75, 3.05) is 33.7 Å². The Morgan fingerprint density at radius 1 is 1.53 bits per heavy atom. The van der Waals surface area contributed by atoms with Crippen LogP contribution < -0.4 is 0 Å². The number of furan rings is 1. The minimum absolute atomic E-state index is 0.106. The molecule has 1 saturated heterocycles. The Labute approximate surface area is 113 Å². The van der Waals surface area contributed by atoms with Crippen LogP contribution in [-0.2, 0) is 16.6 Å². The second kappa shape index (κ2) is 5.62. The highest BCUT2D eigenvalue weighted by Crippen LogP contribution is 2.21. The van der Waals surface area contributed by atoms with E-state index in [2.05, 4.69) is 4.90 Å². The number of likely N-dealkylation sites (tertiary alicyclic amines) is 1. The summed E-state index contributed by atoms with van der Waals surface area (Å²) in [5.74, 6) is 0.615. The van der Waals surface area contributed by atoms with Crippen LogP contribution >= 0.6 is 0 Å². The monoisotopic (exact) mass is 288 g/mol. The number of nitrogens with zero attached hydrogens (tertiary/aromatic N) is 2. The van der Waals surface area contributed by atoms with Crippen LogP contribution in [-0.4, -0.2) is 56.5 Å². The van der Waals surface area contributed by atoms with Crippen LogP contribution in [0.2, 0.25) is 0 Å². The first kappa shape index (κ1) is 14.5. The highest BCUT2D eigenvalue weighted by molar-refractivity contribution is 7.89. The van der Waals surface area contributed by atoms with Gasteiger partial charge in [-0.3, -0.25) is 0 Å². The van der Waals surface area contributed by atoms with Gasteiger partial charge in [-0.15, -0.1) is 0 Å². The molecule has 0 spiro atoms. The van der Waals surface area contributed by atoms with Gasteiger partial charge in [0.15, 0.2) is 0 Å². The van der Waals surface area contributed by atoms with Gasteiger partial charge in [0, 0.05) is 20.1 Å². The molecule has 7 heteroatoms. The third kappa shape index (κ3) is 3.17. The maximum absolute atomic E-state index is 12.3. The first-order chi connectivity index (χ1) is 8.93. The molecule has 1 N–H and O–H groups in total. The summed E-state index contributed by atoms with van der Waals surface area (Å²) in [6.45, 7) is 2.11. The number of rotatable bonds is 5. The lowest BCUT2D eigenvalue weighted by Crippen LogP contribution is -2.32. The minimum Gasteiger partial charge on any atom is -0.446 e. The second-order valence-electron chi connectivity index (χ2n) is 5.08. The molecule has 0 aliphatic carbocycles. The maximum Gasteiger partial charge on any atom is 0.276 e. The first-order valence-electron chi connectivity index (χ1n) is 6.28. The van der Waals surface area contributed by atoms with E-state index in [1.165, 1.54) is 16.4 Å². The van der Waals surface area contributed by atoms with Crippen LogP contribution in [0.3, 0.4) is 0 Å². The molecule has 1 aromatic rings. The van der Waals surface area contributed by atoms with Gasteiger partial charge in [0.1, 0.15) is 12.4 Å². The molecule has 0 saturated carbocycles. The zero-order valence-electron chi connectivity index (χ0n) is 11.2. The Morgan fingerprint density at radius 2 is 2.26 bits per heavy atom. The Bertz CT molecular complexity index is 526. The second-order valence-corrected chi connectivity index (χ2v) is 7.06. The topological polar surface area (TPSA) is 74.0 Å². The molecule has 2 heterocycles. The van der Waals surface area contributed by atoms with Crippen LogP contribution in [0.1, 0.15) is 12.2 Å². The zero-order chi connectivity index (χ0) is 14.0. The van der Waals surface area contributed by atoms with E-state index < -0.39 is 10.0 Å². The highest BCUT2D eigenvalue weighted by Gasteiger charge is 2.29. The van der Waals surface area contributed by atoms with Gasteiger partial charge in [0.05, 0.1) is 0 Å². The molecule has 0 amide bonds. The molecule has 1 atom stereocenters. The number of aliphatic hydroxyl groups is 1. The first-order valence-corrected chi connectivity index (χ1v) is 7.72. The molecule has 1 aliphatic rings. The lowest BCUT2D eigenvalue weighted by molar-refractivity contribution is 0.235. The van der Waals surface area contributed by atoms with Gasteiger partial charge < -0.3 is 14.4 Å². The maximum atomic E-state index is 12.3. The molecule has 0 aromatic carbocycles. The average Bonchev–Trinajstić information content (AvgIpc) is 2.98. The number of sulfonamides is 1. The molecule has 2 rings (SSSR count). The summed E-state index contributed by atoms with van der Waals surface area (Å²) < 4.78 is 31.0. The van der Waals surface area contributed by atoms with E-state index in [1.54, 1.807) is 7.05 Å². The SMILES string of the molecule is CN1CCC(CN(C)S(=O)(=O)c2ccc(CO)o2)C1. The van der Waals surface area contributed by atoms with Crippen LogP contribution in [0.4, 0.5) is 0 Å². The summed E-state index contributed by atoms with van der Waals surface area (Å²) in [6, 6.07) is 2.86. The molecule has 0 radical (unpaired) electrons. The Kier molecular flexibility index (Phi) is 4.29. The van der Waals surface area contributed by atoms with E-state index in [0.717, 1.165) is 19.5 Å². The van der Waals surface area contributed by atoms with Crippen LogP contribution in [0.25, 0.3) is 0 Å². The summed E-state index contributed by atoms with van der Waals surface area (Å²) in [4.78, 5) is 2.20. The summed E-state index contributed by atoms with van der Waals surface area (Å²) >= 11 is 0. The normalized spacial score (nSPS) is 21.4. The minimum atomic E-state index is -3.60. The summed E-state index contributed by atoms with van der Waals surface area (Å²) in [5.41, 5.74) is 0. The van der Waals surface area contributed by atoms with Gasteiger partial charge in [-0.25, -0.2) is 8.42 Å². The van der Waals surface area contributed by atoms with Crippen LogP contribution in [0, 0.1) is 5.92 Å².